The molecule has 4 nitrogen and oxygen atoms in total. The minimum Gasteiger partial charge on any atom is -0.380 e. The fraction of sp³-hybridized carbons (Fsp3) is 0.533. The van der Waals surface area contributed by atoms with Crippen LogP contribution in [0.2, 0.25) is 0 Å². The van der Waals surface area contributed by atoms with Crippen molar-refractivity contribution in [3.8, 4) is 0 Å². The minimum absolute atomic E-state index is 0.0118. The van der Waals surface area contributed by atoms with E-state index in [2.05, 4.69) is 5.32 Å². The summed E-state index contributed by atoms with van der Waals surface area (Å²) in [6.45, 7) is 0.808. The van der Waals surface area contributed by atoms with Crippen LogP contribution in [0.4, 0.5) is 17.6 Å². The fourth-order valence-corrected chi connectivity index (χ4v) is 2.48. The van der Waals surface area contributed by atoms with Gasteiger partial charge in [0.15, 0.2) is 0 Å². The molecule has 0 saturated carbocycles. The Morgan fingerprint density at radius 2 is 1.91 bits per heavy atom. The summed E-state index contributed by atoms with van der Waals surface area (Å²) in [6, 6.07) is 2.10. The van der Waals surface area contributed by atoms with Crippen LogP contribution in [-0.4, -0.2) is 41.7 Å². The minimum atomic E-state index is -4.66. The molecule has 1 heterocycles. The summed E-state index contributed by atoms with van der Waals surface area (Å²) in [4.78, 5) is 14.0. The first-order valence-electron chi connectivity index (χ1n) is 7.16. The van der Waals surface area contributed by atoms with Gasteiger partial charge in [0.1, 0.15) is 11.4 Å². The molecule has 0 aromatic heterocycles. The van der Waals surface area contributed by atoms with Gasteiger partial charge in [0.25, 0.3) is 5.91 Å². The molecule has 1 aromatic carbocycles. The van der Waals surface area contributed by atoms with Gasteiger partial charge in [-0.3, -0.25) is 4.79 Å². The largest absolute Gasteiger partial charge is 0.416 e. The third kappa shape index (κ3) is 4.42. The van der Waals surface area contributed by atoms with Gasteiger partial charge in [0, 0.05) is 19.6 Å². The standard InChI is InChI=1S/C15H18F4N2O2/c1-21-4-2-14(23,3-5-21)13(22)20-9-10-6-11(15(17,18)19)8-12(16)7-10/h6-8,23H,2-5,9H2,1H3,(H,20,22). The molecule has 1 saturated heterocycles. The molecule has 1 aliphatic rings. The first-order valence-corrected chi connectivity index (χ1v) is 7.16. The number of halogens is 4. The normalized spacial score (nSPS) is 18.7. The van der Waals surface area contributed by atoms with Gasteiger partial charge in [-0.1, -0.05) is 0 Å². The molecule has 0 radical (unpaired) electrons. The van der Waals surface area contributed by atoms with E-state index in [0.29, 0.717) is 19.2 Å². The molecular weight excluding hydrogens is 316 g/mol. The third-order valence-electron chi connectivity index (χ3n) is 3.97. The number of aliphatic hydroxyl groups is 1. The molecular formula is C15H18F4N2O2. The van der Waals surface area contributed by atoms with Crippen molar-refractivity contribution >= 4 is 5.91 Å². The highest BCUT2D eigenvalue weighted by molar-refractivity contribution is 5.85. The lowest BCUT2D eigenvalue weighted by atomic mass is 9.90. The van der Waals surface area contributed by atoms with E-state index in [0.717, 1.165) is 12.1 Å². The van der Waals surface area contributed by atoms with Gasteiger partial charge < -0.3 is 15.3 Å². The van der Waals surface area contributed by atoms with Crippen molar-refractivity contribution in [1.29, 1.82) is 0 Å². The van der Waals surface area contributed by atoms with Gasteiger partial charge in [0.2, 0.25) is 0 Å². The van der Waals surface area contributed by atoms with Gasteiger partial charge in [-0.15, -0.1) is 0 Å². The lowest BCUT2D eigenvalue weighted by molar-refractivity contribution is -0.144. The zero-order chi connectivity index (χ0) is 17.3. The number of alkyl halides is 3. The third-order valence-corrected chi connectivity index (χ3v) is 3.97. The Morgan fingerprint density at radius 3 is 2.48 bits per heavy atom. The molecule has 1 aromatic rings. The lowest BCUT2D eigenvalue weighted by Crippen LogP contribution is -2.52. The van der Waals surface area contributed by atoms with Crippen molar-refractivity contribution in [2.45, 2.75) is 31.2 Å². The van der Waals surface area contributed by atoms with Crippen molar-refractivity contribution < 1.29 is 27.5 Å². The van der Waals surface area contributed by atoms with E-state index in [1.54, 1.807) is 0 Å². The van der Waals surface area contributed by atoms with Crippen LogP contribution in [0, 0.1) is 5.82 Å². The molecule has 0 aliphatic carbocycles. The Kier molecular flexibility index (Phi) is 4.95. The molecule has 2 rings (SSSR count). The number of piperidine rings is 1. The van der Waals surface area contributed by atoms with Gasteiger partial charge in [-0.2, -0.15) is 13.2 Å². The van der Waals surface area contributed by atoms with Crippen LogP contribution in [0.25, 0.3) is 0 Å². The number of benzene rings is 1. The quantitative estimate of drug-likeness (QED) is 0.831. The summed E-state index contributed by atoms with van der Waals surface area (Å²) in [5.41, 5.74) is -2.66. The van der Waals surface area contributed by atoms with E-state index in [1.165, 1.54) is 0 Å². The van der Waals surface area contributed by atoms with E-state index in [-0.39, 0.29) is 24.9 Å². The number of amides is 1. The molecule has 0 bridgehead atoms. The van der Waals surface area contributed by atoms with E-state index in [9.17, 15) is 27.5 Å². The molecule has 8 heteroatoms. The highest BCUT2D eigenvalue weighted by Gasteiger charge is 2.38. The van der Waals surface area contributed by atoms with Crippen LogP contribution in [0.5, 0.6) is 0 Å². The van der Waals surface area contributed by atoms with E-state index in [1.807, 2.05) is 11.9 Å². The van der Waals surface area contributed by atoms with Crippen LogP contribution in [0.1, 0.15) is 24.0 Å². The topological polar surface area (TPSA) is 52.6 Å². The number of nitrogens with one attached hydrogen (secondary N) is 1. The molecule has 0 spiro atoms. The van der Waals surface area contributed by atoms with Gasteiger partial charge in [0.05, 0.1) is 5.56 Å². The number of hydrogen-bond acceptors (Lipinski definition) is 3. The highest BCUT2D eigenvalue weighted by Crippen LogP contribution is 2.30. The second-order valence-corrected chi connectivity index (χ2v) is 5.86. The Hall–Kier alpha value is -1.67. The van der Waals surface area contributed by atoms with Gasteiger partial charge in [-0.05, 0) is 43.7 Å². The smallest absolute Gasteiger partial charge is 0.380 e. The van der Waals surface area contributed by atoms with Crippen molar-refractivity contribution in [3.05, 3.63) is 35.1 Å². The maximum Gasteiger partial charge on any atom is 0.416 e. The Bertz CT molecular complexity index is 581. The summed E-state index contributed by atoms with van der Waals surface area (Å²) in [6.07, 6.45) is -4.18. The molecule has 1 aliphatic heterocycles. The molecule has 1 amide bonds. The van der Waals surface area contributed by atoms with Crippen LogP contribution < -0.4 is 5.32 Å². The second kappa shape index (κ2) is 6.45. The Balaban J connectivity index is 2.03. The van der Waals surface area contributed by atoms with Crippen molar-refractivity contribution in [2.75, 3.05) is 20.1 Å². The Labute approximate surface area is 131 Å². The first-order chi connectivity index (χ1) is 10.6. The number of carbonyl (C=O) groups excluding carboxylic acids is 1. The zero-order valence-corrected chi connectivity index (χ0v) is 12.6. The maximum absolute atomic E-state index is 13.3. The highest BCUT2D eigenvalue weighted by atomic mass is 19.4. The SMILES string of the molecule is CN1CCC(O)(C(=O)NCc2cc(F)cc(C(F)(F)F)c2)CC1. The number of nitrogens with zero attached hydrogens (tertiary/aromatic N) is 1. The average Bonchev–Trinajstić information content (AvgIpc) is 2.46. The summed E-state index contributed by atoms with van der Waals surface area (Å²) < 4.78 is 51.2. The van der Waals surface area contributed by atoms with Crippen LogP contribution in [0.3, 0.4) is 0 Å². The zero-order valence-electron chi connectivity index (χ0n) is 12.6. The molecule has 2 N–H and O–H groups in total. The molecule has 0 unspecified atom stereocenters. The average molecular weight is 334 g/mol. The monoisotopic (exact) mass is 334 g/mol. The van der Waals surface area contributed by atoms with Crippen LogP contribution >= 0.6 is 0 Å². The summed E-state index contributed by atoms with van der Waals surface area (Å²) >= 11 is 0. The van der Waals surface area contributed by atoms with Crippen molar-refractivity contribution in [1.82, 2.24) is 10.2 Å². The fourth-order valence-electron chi connectivity index (χ4n) is 2.48. The lowest BCUT2D eigenvalue weighted by Gasteiger charge is -2.35. The summed E-state index contributed by atoms with van der Waals surface area (Å²) in [5.74, 6) is -1.68. The number of hydrogen-bond donors (Lipinski definition) is 2. The number of likely N-dealkylation sites (tertiary alicyclic amines) is 1. The summed E-state index contributed by atoms with van der Waals surface area (Å²) in [7, 11) is 1.86. The molecule has 23 heavy (non-hydrogen) atoms. The van der Waals surface area contributed by atoms with Crippen LogP contribution in [-0.2, 0) is 17.5 Å². The predicted molar refractivity (Wildman–Crippen MR) is 74.9 cm³/mol. The maximum atomic E-state index is 13.3. The van der Waals surface area contributed by atoms with Crippen molar-refractivity contribution in [3.63, 3.8) is 0 Å². The van der Waals surface area contributed by atoms with E-state index >= 15 is 0 Å². The molecule has 1 fully saturated rings. The van der Waals surface area contributed by atoms with Crippen molar-refractivity contribution in [2.24, 2.45) is 0 Å². The summed E-state index contributed by atoms with van der Waals surface area (Å²) in [5, 5.41) is 12.7. The van der Waals surface area contributed by atoms with Gasteiger partial charge >= 0.3 is 6.18 Å². The number of rotatable bonds is 3. The van der Waals surface area contributed by atoms with Crippen LogP contribution in [0.15, 0.2) is 18.2 Å². The van der Waals surface area contributed by atoms with Gasteiger partial charge in [-0.25, -0.2) is 4.39 Å². The first kappa shape index (κ1) is 17.7. The predicted octanol–water partition coefficient (Wildman–Crippen LogP) is 1.92. The van der Waals surface area contributed by atoms with E-state index < -0.39 is 29.1 Å². The molecule has 0 atom stereocenters. The van der Waals surface area contributed by atoms with E-state index in [4.69, 9.17) is 0 Å². The second-order valence-electron chi connectivity index (χ2n) is 5.86. The Morgan fingerprint density at radius 1 is 1.30 bits per heavy atom. The molecule has 128 valence electrons. The number of carbonyl (C=O) groups is 1.